The van der Waals surface area contributed by atoms with Crippen molar-refractivity contribution in [2.45, 2.75) is 6.92 Å². The highest BCUT2D eigenvalue weighted by atomic mass is 35.5. The van der Waals surface area contributed by atoms with Crippen LogP contribution in [0.2, 0.25) is 5.15 Å². The molecule has 2 rings (SSSR count). The molecule has 0 aliphatic rings. The Morgan fingerprint density at radius 1 is 1.14 bits per heavy atom. The molecular weight excluding hydrogens is 198 g/mol. The summed E-state index contributed by atoms with van der Waals surface area (Å²) >= 11 is 5.65. The fraction of sp³-hybridized carbons (Fsp3) is 0.100. The van der Waals surface area contributed by atoms with Crippen molar-refractivity contribution in [3.8, 4) is 11.3 Å². The van der Waals surface area contributed by atoms with E-state index in [-0.39, 0.29) is 0 Å². The quantitative estimate of drug-likeness (QED) is 0.718. The van der Waals surface area contributed by atoms with Crippen molar-refractivity contribution < 1.29 is 0 Å². The lowest BCUT2D eigenvalue weighted by molar-refractivity contribution is 1.03. The van der Waals surface area contributed by atoms with E-state index in [1.165, 1.54) is 0 Å². The molecule has 0 saturated heterocycles. The first-order valence-corrected chi connectivity index (χ1v) is 4.55. The monoisotopic (exact) mass is 205 g/mol. The zero-order valence-electron chi connectivity index (χ0n) is 7.61. The summed E-state index contributed by atoms with van der Waals surface area (Å²) in [5.41, 5.74) is 2.90. The van der Waals surface area contributed by atoms with Crippen LogP contribution in [0.4, 0.5) is 0 Å². The molecule has 0 N–H and O–H groups in total. The van der Waals surface area contributed by atoms with E-state index in [4.69, 9.17) is 11.6 Å². The van der Waals surface area contributed by atoms with E-state index < -0.39 is 0 Å². The van der Waals surface area contributed by atoms with Crippen molar-refractivity contribution >= 4 is 11.6 Å². The van der Waals surface area contributed by atoms with Gasteiger partial charge in [-0.1, -0.05) is 11.6 Å². The van der Waals surface area contributed by atoms with Crippen LogP contribution in [0, 0.1) is 6.92 Å². The molecule has 0 unspecified atom stereocenters. The Labute approximate surface area is 86.8 Å². The molecule has 2 aromatic rings. The minimum Gasteiger partial charge on any atom is -0.264 e. The number of pyridine rings is 1. The van der Waals surface area contributed by atoms with Gasteiger partial charge in [-0.25, -0.2) is 0 Å². The molecule has 0 fully saturated rings. The topological polar surface area (TPSA) is 38.7 Å². The maximum Gasteiger partial charge on any atom is 0.151 e. The highest BCUT2D eigenvalue weighted by Crippen LogP contribution is 2.19. The lowest BCUT2D eigenvalue weighted by Gasteiger charge is -2.02. The van der Waals surface area contributed by atoms with Gasteiger partial charge in [0, 0.05) is 18.0 Å². The lowest BCUT2D eigenvalue weighted by Crippen LogP contribution is -1.90. The van der Waals surface area contributed by atoms with Crippen molar-refractivity contribution in [2.75, 3.05) is 0 Å². The summed E-state index contributed by atoms with van der Waals surface area (Å²) in [7, 11) is 0. The summed E-state index contributed by atoms with van der Waals surface area (Å²) in [4.78, 5) is 4.04. The zero-order chi connectivity index (χ0) is 9.97. The molecule has 0 aliphatic heterocycles. The standard InChI is InChI=1S/C10H8ClN3/c1-7-4-5-12-6-8(7)9-2-3-10(11)14-13-9/h2-6H,1H3. The third-order valence-corrected chi connectivity index (χ3v) is 2.15. The zero-order valence-corrected chi connectivity index (χ0v) is 8.36. The van der Waals surface area contributed by atoms with E-state index in [9.17, 15) is 0 Å². The maximum absolute atomic E-state index is 5.65. The number of rotatable bonds is 1. The number of nitrogens with zero attached hydrogens (tertiary/aromatic N) is 3. The third kappa shape index (κ3) is 1.72. The van der Waals surface area contributed by atoms with E-state index in [2.05, 4.69) is 15.2 Å². The number of aryl methyl sites for hydroxylation is 1. The van der Waals surface area contributed by atoms with Crippen LogP contribution < -0.4 is 0 Å². The van der Waals surface area contributed by atoms with Crippen LogP contribution in [0.25, 0.3) is 11.3 Å². The first-order valence-electron chi connectivity index (χ1n) is 4.17. The lowest BCUT2D eigenvalue weighted by atomic mass is 10.1. The van der Waals surface area contributed by atoms with Crippen LogP contribution >= 0.6 is 11.6 Å². The minimum atomic E-state index is 0.398. The van der Waals surface area contributed by atoms with Crippen molar-refractivity contribution in [1.29, 1.82) is 0 Å². The third-order valence-electron chi connectivity index (χ3n) is 1.95. The Morgan fingerprint density at radius 3 is 2.64 bits per heavy atom. The maximum atomic E-state index is 5.65. The second-order valence-corrected chi connectivity index (χ2v) is 3.32. The first-order chi connectivity index (χ1) is 6.77. The first kappa shape index (κ1) is 9.09. The van der Waals surface area contributed by atoms with Gasteiger partial charge in [0.2, 0.25) is 0 Å². The molecule has 4 heteroatoms. The van der Waals surface area contributed by atoms with Crippen LogP contribution in [-0.4, -0.2) is 15.2 Å². The summed E-state index contributed by atoms with van der Waals surface area (Å²) in [5, 5.41) is 8.17. The Hall–Kier alpha value is -1.48. The highest BCUT2D eigenvalue weighted by molar-refractivity contribution is 6.29. The molecule has 0 amide bonds. The fourth-order valence-corrected chi connectivity index (χ4v) is 1.29. The van der Waals surface area contributed by atoms with Gasteiger partial charge in [0.05, 0.1) is 5.69 Å². The van der Waals surface area contributed by atoms with Crippen molar-refractivity contribution in [3.05, 3.63) is 41.3 Å². The smallest absolute Gasteiger partial charge is 0.151 e. The van der Waals surface area contributed by atoms with Crippen LogP contribution in [0.3, 0.4) is 0 Å². The van der Waals surface area contributed by atoms with E-state index in [1.54, 1.807) is 18.5 Å². The number of halogens is 1. The van der Waals surface area contributed by atoms with Gasteiger partial charge in [0.1, 0.15) is 0 Å². The summed E-state index contributed by atoms with van der Waals surface area (Å²) in [6, 6.07) is 5.49. The molecule has 0 saturated carbocycles. The molecular formula is C10H8ClN3. The van der Waals surface area contributed by atoms with Gasteiger partial charge in [-0.05, 0) is 30.7 Å². The number of aromatic nitrogens is 3. The van der Waals surface area contributed by atoms with Crippen LogP contribution in [0.1, 0.15) is 5.56 Å². The largest absolute Gasteiger partial charge is 0.264 e. The molecule has 3 nitrogen and oxygen atoms in total. The average molecular weight is 206 g/mol. The average Bonchev–Trinajstić information content (AvgIpc) is 2.20. The Bertz CT molecular complexity index is 439. The van der Waals surface area contributed by atoms with Crippen LogP contribution in [-0.2, 0) is 0 Å². The summed E-state index contributed by atoms with van der Waals surface area (Å²) in [6.07, 6.45) is 3.52. The Balaban J connectivity index is 2.50. The Kier molecular flexibility index (Phi) is 2.41. The van der Waals surface area contributed by atoms with E-state index >= 15 is 0 Å². The molecule has 0 aromatic carbocycles. The van der Waals surface area contributed by atoms with Gasteiger partial charge in [-0.2, -0.15) is 0 Å². The van der Waals surface area contributed by atoms with Crippen molar-refractivity contribution in [3.63, 3.8) is 0 Å². The predicted molar refractivity (Wildman–Crippen MR) is 55.0 cm³/mol. The molecule has 2 aromatic heterocycles. The second-order valence-electron chi connectivity index (χ2n) is 2.93. The molecule has 0 atom stereocenters. The SMILES string of the molecule is Cc1ccncc1-c1ccc(Cl)nn1. The highest BCUT2D eigenvalue weighted by Gasteiger charge is 2.02. The molecule has 70 valence electrons. The number of hydrogen-bond acceptors (Lipinski definition) is 3. The Morgan fingerprint density at radius 2 is 2.00 bits per heavy atom. The molecule has 0 bridgehead atoms. The molecule has 0 radical (unpaired) electrons. The van der Waals surface area contributed by atoms with E-state index in [1.807, 2.05) is 19.1 Å². The second kappa shape index (κ2) is 3.72. The predicted octanol–water partition coefficient (Wildman–Crippen LogP) is 2.50. The number of hydrogen-bond donors (Lipinski definition) is 0. The minimum absolute atomic E-state index is 0.398. The molecule has 14 heavy (non-hydrogen) atoms. The summed E-state index contributed by atoms with van der Waals surface area (Å²) in [6.45, 7) is 2.01. The van der Waals surface area contributed by atoms with Gasteiger partial charge in [0.25, 0.3) is 0 Å². The van der Waals surface area contributed by atoms with Crippen molar-refractivity contribution in [2.24, 2.45) is 0 Å². The normalized spacial score (nSPS) is 10.1. The van der Waals surface area contributed by atoms with E-state index in [0.717, 1.165) is 16.8 Å². The van der Waals surface area contributed by atoms with Gasteiger partial charge < -0.3 is 0 Å². The van der Waals surface area contributed by atoms with Gasteiger partial charge in [0.15, 0.2) is 5.15 Å². The molecule has 2 heterocycles. The van der Waals surface area contributed by atoms with Gasteiger partial charge >= 0.3 is 0 Å². The molecule has 0 aliphatic carbocycles. The van der Waals surface area contributed by atoms with Crippen LogP contribution in [0.15, 0.2) is 30.6 Å². The van der Waals surface area contributed by atoms with Gasteiger partial charge in [-0.15, -0.1) is 10.2 Å². The summed E-state index contributed by atoms with van der Waals surface area (Å²) in [5.74, 6) is 0. The van der Waals surface area contributed by atoms with Crippen LogP contribution in [0.5, 0.6) is 0 Å². The van der Waals surface area contributed by atoms with E-state index in [0.29, 0.717) is 5.15 Å². The van der Waals surface area contributed by atoms with Gasteiger partial charge in [-0.3, -0.25) is 4.98 Å². The molecule has 0 spiro atoms. The fourth-order valence-electron chi connectivity index (χ4n) is 1.19. The van der Waals surface area contributed by atoms with Crippen molar-refractivity contribution in [1.82, 2.24) is 15.2 Å². The summed E-state index contributed by atoms with van der Waals surface area (Å²) < 4.78 is 0.